The van der Waals surface area contributed by atoms with E-state index >= 15 is 0 Å². The lowest BCUT2D eigenvalue weighted by Gasteiger charge is -1.87. The van der Waals surface area contributed by atoms with Crippen molar-refractivity contribution in [2.75, 3.05) is 6.26 Å². The zero-order chi connectivity index (χ0) is 7.40. The van der Waals surface area contributed by atoms with Gasteiger partial charge in [-0.25, -0.2) is 4.98 Å². The molecule has 2 N–H and O–H groups in total. The second-order valence-electron chi connectivity index (χ2n) is 1.87. The Kier molecular flexibility index (Phi) is 3.18. The summed E-state index contributed by atoms with van der Waals surface area (Å²) in [7, 11) is 0. The summed E-state index contributed by atoms with van der Waals surface area (Å²) in [6, 6.07) is 0. The molecule has 0 aliphatic heterocycles. The normalized spacial score (nSPS) is 10.2. The molecule has 0 bridgehead atoms. The summed E-state index contributed by atoms with van der Waals surface area (Å²) < 4.78 is 0. The average Bonchev–Trinajstić information content (AvgIpc) is 2.37. The lowest BCUT2D eigenvalue weighted by molar-refractivity contribution is 1.02. The molecule has 0 atom stereocenters. The van der Waals surface area contributed by atoms with Crippen molar-refractivity contribution in [1.82, 2.24) is 4.98 Å². The highest BCUT2D eigenvalue weighted by atomic mass is 32.2. The van der Waals surface area contributed by atoms with Crippen LogP contribution in [0.4, 0.5) is 0 Å². The third-order valence-electron chi connectivity index (χ3n) is 1.07. The second kappa shape index (κ2) is 3.95. The fraction of sp³-hybridized carbons (Fsp3) is 0.500. The van der Waals surface area contributed by atoms with Gasteiger partial charge in [0.05, 0.1) is 5.69 Å². The molecule has 0 radical (unpaired) electrons. The maximum atomic E-state index is 5.40. The van der Waals surface area contributed by atoms with Crippen molar-refractivity contribution >= 4 is 23.1 Å². The fourth-order valence-corrected chi connectivity index (χ4v) is 1.88. The molecular weight excluding hydrogens is 164 g/mol. The van der Waals surface area contributed by atoms with E-state index in [1.807, 2.05) is 0 Å². The van der Waals surface area contributed by atoms with Crippen LogP contribution in [0.2, 0.25) is 0 Å². The van der Waals surface area contributed by atoms with Crippen LogP contribution < -0.4 is 5.73 Å². The maximum Gasteiger partial charge on any atom is 0.106 e. The van der Waals surface area contributed by atoms with Crippen molar-refractivity contribution in [1.29, 1.82) is 0 Å². The first-order chi connectivity index (χ1) is 4.86. The van der Waals surface area contributed by atoms with Gasteiger partial charge < -0.3 is 5.73 Å². The van der Waals surface area contributed by atoms with Crippen LogP contribution in [0, 0.1) is 0 Å². The monoisotopic (exact) mass is 174 g/mol. The largest absolute Gasteiger partial charge is 0.325 e. The summed E-state index contributed by atoms with van der Waals surface area (Å²) in [5, 5.41) is 3.10. The van der Waals surface area contributed by atoms with E-state index in [1.54, 1.807) is 23.1 Å². The van der Waals surface area contributed by atoms with Crippen LogP contribution in [-0.2, 0) is 12.3 Å². The average molecular weight is 174 g/mol. The Balaban J connectivity index is 2.59. The fourth-order valence-electron chi connectivity index (χ4n) is 0.657. The number of hydrogen-bond acceptors (Lipinski definition) is 4. The molecule has 0 aliphatic rings. The van der Waals surface area contributed by atoms with E-state index in [2.05, 4.69) is 16.6 Å². The molecule has 1 rings (SSSR count). The summed E-state index contributed by atoms with van der Waals surface area (Å²) in [6.07, 6.45) is 2.07. The molecule has 1 heterocycles. The standard InChI is InChI=1S/C6H10N2S2/c1-9-3-5-4-10-6(2-7)8-5/h4H,2-3,7H2,1H3. The van der Waals surface area contributed by atoms with Crippen molar-refractivity contribution in [2.45, 2.75) is 12.3 Å². The molecule has 0 unspecified atom stereocenters. The van der Waals surface area contributed by atoms with E-state index in [-0.39, 0.29) is 0 Å². The predicted octanol–water partition coefficient (Wildman–Crippen LogP) is 1.46. The minimum atomic E-state index is 0.568. The minimum Gasteiger partial charge on any atom is -0.325 e. The van der Waals surface area contributed by atoms with Gasteiger partial charge in [-0.1, -0.05) is 0 Å². The number of thioether (sulfide) groups is 1. The first-order valence-electron chi connectivity index (χ1n) is 2.99. The highest BCUT2D eigenvalue weighted by molar-refractivity contribution is 7.97. The first-order valence-corrected chi connectivity index (χ1v) is 5.26. The molecule has 0 spiro atoms. The van der Waals surface area contributed by atoms with Gasteiger partial charge in [-0.3, -0.25) is 0 Å². The van der Waals surface area contributed by atoms with Crippen molar-refractivity contribution in [3.63, 3.8) is 0 Å². The molecule has 4 heteroatoms. The third kappa shape index (κ3) is 1.97. The highest BCUT2D eigenvalue weighted by Crippen LogP contribution is 2.12. The zero-order valence-corrected chi connectivity index (χ0v) is 7.47. The number of aromatic nitrogens is 1. The van der Waals surface area contributed by atoms with Crippen molar-refractivity contribution < 1.29 is 0 Å². The van der Waals surface area contributed by atoms with Crippen LogP contribution in [0.3, 0.4) is 0 Å². The number of nitrogens with zero attached hydrogens (tertiary/aromatic N) is 1. The van der Waals surface area contributed by atoms with Gasteiger partial charge in [-0.2, -0.15) is 11.8 Å². The Morgan fingerprint density at radius 3 is 3.10 bits per heavy atom. The van der Waals surface area contributed by atoms with Gasteiger partial charge in [0, 0.05) is 17.7 Å². The second-order valence-corrected chi connectivity index (χ2v) is 3.68. The summed E-state index contributed by atoms with van der Waals surface area (Å²) in [5.41, 5.74) is 6.55. The molecule has 0 fully saturated rings. The van der Waals surface area contributed by atoms with Gasteiger partial charge in [0.15, 0.2) is 0 Å². The minimum absolute atomic E-state index is 0.568. The van der Waals surface area contributed by atoms with Crippen molar-refractivity contribution in [3.8, 4) is 0 Å². The molecule has 0 saturated heterocycles. The van der Waals surface area contributed by atoms with E-state index in [9.17, 15) is 0 Å². The van der Waals surface area contributed by atoms with Gasteiger partial charge in [0.2, 0.25) is 0 Å². The van der Waals surface area contributed by atoms with Gasteiger partial charge >= 0.3 is 0 Å². The molecule has 0 aliphatic carbocycles. The predicted molar refractivity (Wildman–Crippen MR) is 47.2 cm³/mol. The number of nitrogens with two attached hydrogens (primary N) is 1. The summed E-state index contributed by atoms with van der Waals surface area (Å²) >= 11 is 3.42. The lowest BCUT2D eigenvalue weighted by atomic mass is 10.6. The molecule has 1 aromatic rings. The van der Waals surface area contributed by atoms with Gasteiger partial charge in [0.1, 0.15) is 5.01 Å². The highest BCUT2D eigenvalue weighted by Gasteiger charge is 1.97. The topological polar surface area (TPSA) is 38.9 Å². The molecule has 10 heavy (non-hydrogen) atoms. The smallest absolute Gasteiger partial charge is 0.106 e. The maximum absolute atomic E-state index is 5.40. The first kappa shape index (κ1) is 8.04. The Hall–Kier alpha value is -0.0600. The van der Waals surface area contributed by atoms with E-state index in [1.165, 1.54) is 0 Å². The Labute approximate surface area is 68.8 Å². The molecule has 0 aromatic carbocycles. The number of thiazole rings is 1. The van der Waals surface area contributed by atoms with Crippen LogP contribution in [0.15, 0.2) is 5.38 Å². The van der Waals surface area contributed by atoms with Crippen LogP contribution >= 0.6 is 23.1 Å². The number of hydrogen-bond donors (Lipinski definition) is 1. The molecule has 0 amide bonds. The molecule has 56 valence electrons. The molecule has 1 aromatic heterocycles. The van der Waals surface area contributed by atoms with E-state index < -0.39 is 0 Å². The van der Waals surface area contributed by atoms with Crippen LogP contribution in [0.5, 0.6) is 0 Å². The Morgan fingerprint density at radius 2 is 2.60 bits per heavy atom. The molecule has 2 nitrogen and oxygen atoms in total. The summed E-state index contributed by atoms with van der Waals surface area (Å²) in [5.74, 6) is 0.997. The van der Waals surface area contributed by atoms with Crippen LogP contribution in [0.1, 0.15) is 10.7 Å². The third-order valence-corrected chi connectivity index (χ3v) is 2.57. The Morgan fingerprint density at radius 1 is 1.80 bits per heavy atom. The molecule has 0 saturated carbocycles. The summed E-state index contributed by atoms with van der Waals surface area (Å²) in [6.45, 7) is 0.568. The van der Waals surface area contributed by atoms with Crippen molar-refractivity contribution in [2.24, 2.45) is 5.73 Å². The van der Waals surface area contributed by atoms with E-state index in [4.69, 9.17) is 5.73 Å². The lowest BCUT2D eigenvalue weighted by Crippen LogP contribution is -1.94. The van der Waals surface area contributed by atoms with E-state index in [0.717, 1.165) is 16.5 Å². The SMILES string of the molecule is CSCc1csc(CN)n1. The van der Waals surface area contributed by atoms with Gasteiger partial charge in [-0.05, 0) is 6.26 Å². The molecular formula is C6H10N2S2. The van der Waals surface area contributed by atoms with Crippen molar-refractivity contribution in [3.05, 3.63) is 16.1 Å². The van der Waals surface area contributed by atoms with Gasteiger partial charge in [0.25, 0.3) is 0 Å². The van der Waals surface area contributed by atoms with E-state index in [0.29, 0.717) is 6.54 Å². The Bertz CT molecular complexity index is 197. The number of rotatable bonds is 3. The van der Waals surface area contributed by atoms with Crippen LogP contribution in [-0.4, -0.2) is 11.2 Å². The quantitative estimate of drug-likeness (QED) is 0.754. The zero-order valence-electron chi connectivity index (χ0n) is 5.83. The summed E-state index contributed by atoms with van der Waals surface area (Å²) in [4.78, 5) is 4.29. The van der Waals surface area contributed by atoms with Gasteiger partial charge in [-0.15, -0.1) is 11.3 Å². The van der Waals surface area contributed by atoms with Crippen LogP contribution in [0.25, 0.3) is 0 Å².